The predicted molar refractivity (Wildman–Crippen MR) is 65.6 cm³/mol. The molecule has 0 bridgehead atoms. The largest absolute Gasteiger partial charge is 0.379 e. The molecule has 0 unspecified atom stereocenters. The molecule has 0 saturated carbocycles. The number of anilines is 1. The summed E-state index contributed by atoms with van der Waals surface area (Å²) in [6, 6.07) is 0. The highest BCUT2D eigenvalue weighted by molar-refractivity contribution is 7.13. The second-order valence-electron chi connectivity index (χ2n) is 3.89. The van der Waals surface area contributed by atoms with Crippen LogP contribution in [0.4, 0.5) is 5.13 Å². The summed E-state index contributed by atoms with van der Waals surface area (Å²) in [5, 5.41) is 6.35. The Balaban J connectivity index is 2.09. The Labute approximate surface area is 95.9 Å². The average Bonchev–Trinajstić information content (AvgIpc) is 2.65. The fourth-order valence-corrected chi connectivity index (χ4v) is 1.92. The van der Waals surface area contributed by atoms with E-state index in [1.54, 1.807) is 11.3 Å². The number of aromatic nitrogens is 1. The number of aryl methyl sites for hydroxylation is 1. The Morgan fingerprint density at radius 3 is 2.93 bits per heavy atom. The summed E-state index contributed by atoms with van der Waals surface area (Å²) in [5.41, 5.74) is 1.16. The van der Waals surface area contributed by atoms with Crippen LogP contribution in [0.3, 0.4) is 0 Å². The van der Waals surface area contributed by atoms with Crippen molar-refractivity contribution in [3.8, 4) is 0 Å². The van der Waals surface area contributed by atoms with Crippen LogP contribution in [-0.4, -0.2) is 24.7 Å². The number of nitrogens with one attached hydrogen (secondary N) is 1. The zero-order valence-electron chi connectivity index (χ0n) is 9.75. The van der Waals surface area contributed by atoms with E-state index < -0.39 is 0 Å². The van der Waals surface area contributed by atoms with E-state index in [0.29, 0.717) is 5.92 Å². The molecule has 0 aliphatic rings. The van der Waals surface area contributed by atoms with Gasteiger partial charge in [0.15, 0.2) is 5.13 Å². The van der Waals surface area contributed by atoms with Gasteiger partial charge in [0, 0.05) is 18.5 Å². The highest BCUT2D eigenvalue weighted by atomic mass is 32.1. The first kappa shape index (κ1) is 12.5. The molecule has 0 spiro atoms. The van der Waals surface area contributed by atoms with Gasteiger partial charge in [0.1, 0.15) is 0 Å². The van der Waals surface area contributed by atoms with E-state index in [2.05, 4.69) is 36.5 Å². The van der Waals surface area contributed by atoms with Crippen molar-refractivity contribution in [1.82, 2.24) is 4.98 Å². The third-order valence-corrected chi connectivity index (χ3v) is 2.74. The summed E-state index contributed by atoms with van der Waals surface area (Å²) in [6.07, 6.45) is 1.00. The van der Waals surface area contributed by atoms with Crippen molar-refractivity contribution in [2.24, 2.45) is 5.92 Å². The van der Waals surface area contributed by atoms with Gasteiger partial charge < -0.3 is 10.1 Å². The Morgan fingerprint density at radius 2 is 2.33 bits per heavy atom. The Kier molecular flexibility index (Phi) is 5.65. The highest BCUT2D eigenvalue weighted by Gasteiger charge is 1.99. The van der Waals surface area contributed by atoms with E-state index in [1.165, 1.54) is 0 Å². The van der Waals surface area contributed by atoms with Crippen molar-refractivity contribution < 1.29 is 4.74 Å². The molecule has 1 rings (SSSR count). The molecule has 1 aromatic rings. The molecule has 3 nitrogen and oxygen atoms in total. The zero-order chi connectivity index (χ0) is 11.1. The lowest BCUT2D eigenvalue weighted by Gasteiger charge is -2.06. The van der Waals surface area contributed by atoms with Crippen LogP contribution in [-0.2, 0) is 11.2 Å². The molecule has 4 heteroatoms. The van der Waals surface area contributed by atoms with E-state index in [-0.39, 0.29) is 0 Å². The third kappa shape index (κ3) is 5.14. The smallest absolute Gasteiger partial charge is 0.182 e. The molecule has 1 heterocycles. The lowest BCUT2D eigenvalue weighted by Crippen LogP contribution is -2.11. The fraction of sp³-hybridized carbons (Fsp3) is 0.727. The summed E-state index contributed by atoms with van der Waals surface area (Å²) < 4.78 is 5.46. The van der Waals surface area contributed by atoms with Crippen LogP contribution in [0.25, 0.3) is 0 Å². The van der Waals surface area contributed by atoms with Crippen LogP contribution >= 0.6 is 11.3 Å². The van der Waals surface area contributed by atoms with Crippen molar-refractivity contribution in [3.63, 3.8) is 0 Å². The molecule has 0 aromatic carbocycles. The van der Waals surface area contributed by atoms with Gasteiger partial charge in [0.25, 0.3) is 0 Å². The number of nitrogens with zero attached hydrogens (tertiary/aromatic N) is 1. The quantitative estimate of drug-likeness (QED) is 0.729. The van der Waals surface area contributed by atoms with E-state index in [9.17, 15) is 0 Å². The zero-order valence-corrected chi connectivity index (χ0v) is 10.6. The van der Waals surface area contributed by atoms with Gasteiger partial charge in [-0.3, -0.25) is 0 Å². The van der Waals surface area contributed by atoms with Gasteiger partial charge in [-0.1, -0.05) is 20.8 Å². The fourth-order valence-electron chi connectivity index (χ4n) is 1.10. The van der Waals surface area contributed by atoms with Gasteiger partial charge >= 0.3 is 0 Å². The second-order valence-corrected chi connectivity index (χ2v) is 4.75. The molecule has 0 atom stereocenters. The van der Waals surface area contributed by atoms with Crippen LogP contribution in [0.1, 0.15) is 26.5 Å². The first-order valence-corrected chi connectivity index (χ1v) is 6.36. The molecular formula is C11H20N2OS. The van der Waals surface area contributed by atoms with Crippen molar-refractivity contribution in [2.75, 3.05) is 25.1 Å². The molecule has 0 amide bonds. The van der Waals surface area contributed by atoms with Crippen LogP contribution in [0.5, 0.6) is 0 Å². The summed E-state index contributed by atoms with van der Waals surface area (Å²) >= 11 is 1.66. The van der Waals surface area contributed by atoms with Crippen LogP contribution in [0.15, 0.2) is 5.38 Å². The van der Waals surface area contributed by atoms with Crippen LogP contribution in [0, 0.1) is 5.92 Å². The van der Waals surface area contributed by atoms with Gasteiger partial charge in [0.2, 0.25) is 0 Å². The SMILES string of the molecule is CCc1csc(NCCOCC(C)C)n1. The summed E-state index contributed by atoms with van der Waals surface area (Å²) in [5.74, 6) is 0.608. The normalized spacial score (nSPS) is 10.9. The molecule has 86 valence electrons. The van der Waals surface area contributed by atoms with Crippen molar-refractivity contribution in [2.45, 2.75) is 27.2 Å². The maximum atomic E-state index is 5.46. The van der Waals surface area contributed by atoms with Crippen LogP contribution < -0.4 is 5.32 Å². The molecule has 0 fully saturated rings. The highest BCUT2D eigenvalue weighted by Crippen LogP contribution is 2.14. The van der Waals surface area contributed by atoms with Crippen molar-refractivity contribution in [3.05, 3.63) is 11.1 Å². The second kappa shape index (κ2) is 6.80. The first-order chi connectivity index (χ1) is 7.22. The Bertz CT molecular complexity index is 273. The average molecular weight is 228 g/mol. The molecular weight excluding hydrogens is 208 g/mol. The molecule has 0 saturated heterocycles. The molecule has 1 N–H and O–H groups in total. The topological polar surface area (TPSA) is 34.1 Å². The molecule has 0 aliphatic carbocycles. The van der Waals surface area contributed by atoms with Gasteiger partial charge in [-0.2, -0.15) is 0 Å². The Morgan fingerprint density at radius 1 is 1.53 bits per heavy atom. The van der Waals surface area contributed by atoms with E-state index in [4.69, 9.17) is 4.74 Å². The molecule has 15 heavy (non-hydrogen) atoms. The lowest BCUT2D eigenvalue weighted by molar-refractivity contribution is 0.118. The van der Waals surface area contributed by atoms with Crippen molar-refractivity contribution >= 4 is 16.5 Å². The minimum atomic E-state index is 0.608. The first-order valence-electron chi connectivity index (χ1n) is 5.48. The van der Waals surface area contributed by atoms with E-state index in [0.717, 1.165) is 37.0 Å². The van der Waals surface area contributed by atoms with Crippen LogP contribution in [0.2, 0.25) is 0 Å². The van der Waals surface area contributed by atoms with Crippen molar-refractivity contribution in [1.29, 1.82) is 0 Å². The minimum Gasteiger partial charge on any atom is -0.379 e. The molecule has 0 aliphatic heterocycles. The van der Waals surface area contributed by atoms with Gasteiger partial charge in [-0.05, 0) is 12.3 Å². The number of ether oxygens (including phenoxy) is 1. The van der Waals surface area contributed by atoms with E-state index >= 15 is 0 Å². The maximum absolute atomic E-state index is 5.46. The number of thiazole rings is 1. The number of hydrogen-bond acceptors (Lipinski definition) is 4. The number of rotatable bonds is 7. The molecule has 1 aromatic heterocycles. The Hall–Kier alpha value is -0.610. The lowest BCUT2D eigenvalue weighted by atomic mass is 10.2. The minimum absolute atomic E-state index is 0.608. The summed E-state index contributed by atoms with van der Waals surface area (Å²) in [4.78, 5) is 4.41. The predicted octanol–water partition coefficient (Wildman–Crippen LogP) is 2.79. The monoisotopic (exact) mass is 228 g/mol. The summed E-state index contributed by atoms with van der Waals surface area (Å²) in [6.45, 7) is 8.84. The number of hydrogen-bond donors (Lipinski definition) is 1. The molecule has 0 radical (unpaired) electrons. The van der Waals surface area contributed by atoms with Gasteiger partial charge in [0.05, 0.1) is 12.3 Å². The summed E-state index contributed by atoms with van der Waals surface area (Å²) in [7, 11) is 0. The van der Waals surface area contributed by atoms with Gasteiger partial charge in [-0.25, -0.2) is 4.98 Å². The third-order valence-electron chi connectivity index (χ3n) is 1.89. The van der Waals surface area contributed by atoms with E-state index in [1.807, 2.05) is 0 Å². The maximum Gasteiger partial charge on any atom is 0.182 e. The van der Waals surface area contributed by atoms with Gasteiger partial charge in [-0.15, -0.1) is 11.3 Å². The standard InChI is InChI=1S/C11H20N2OS/c1-4-10-8-15-11(13-10)12-5-6-14-7-9(2)3/h8-9H,4-7H2,1-3H3,(H,12,13).